The molecule has 72 valence electrons. The van der Waals surface area contributed by atoms with E-state index in [1.165, 1.54) is 5.56 Å². The molecule has 0 spiro atoms. The molecule has 0 amide bonds. The summed E-state index contributed by atoms with van der Waals surface area (Å²) >= 11 is 0. The van der Waals surface area contributed by atoms with Gasteiger partial charge in [0.1, 0.15) is 5.76 Å². The van der Waals surface area contributed by atoms with E-state index >= 15 is 0 Å². The van der Waals surface area contributed by atoms with Gasteiger partial charge in [0, 0.05) is 5.92 Å². The van der Waals surface area contributed by atoms with Gasteiger partial charge in [-0.2, -0.15) is 0 Å². The molecule has 0 saturated heterocycles. The van der Waals surface area contributed by atoms with Crippen molar-refractivity contribution < 1.29 is 5.11 Å². The van der Waals surface area contributed by atoms with Gasteiger partial charge in [-0.25, -0.2) is 0 Å². The molecular formula is C13H14O. The van der Waals surface area contributed by atoms with Crippen molar-refractivity contribution in [2.75, 3.05) is 0 Å². The van der Waals surface area contributed by atoms with Gasteiger partial charge in [-0.1, -0.05) is 43.3 Å². The zero-order chi connectivity index (χ0) is 9.97. The monoisotopic (exact) mass is 186 g/mol. The number of aliphatic hydroxyl groups excluding tert-OH is 1. The maximum Gasteiger partial charge on any atom is 0.111 e. The predicted octanol–water partition coefficient (Wildman–Crippen LogP) is 3.42. The number of hydrogen-bond donors (Lipinski definition) is 1. The van der Waals surface area contributed by atoms with E-state index in [0.29, 0.717) is 17.6 Å². The van der Waals surface area contributed by atoms with Gasteiger partial charge in [0.15, 0.2) is 0 Å². The molecule has 0 heterocycles. The van der Waals surface area contributed by atoms with Gasteiger partial charge in [0.25, 0.3) is 0 Å². The van der Waals surface area contributed by atoms with E-state index in [0.717, 1.165) is 0 Å². The number of aliphatic hydroxyl groups is 1. The van der Waals surface area contributed by atoms with Crippen LogP contribution in [-0.4, -0.2) is 5.11 Å². The molecular weight excluding hydrogens is 172 g/mol. The Balaban J connectivity index is 2.31. The molecule has 1 N–H and O–H groups in total. The van der Waals surface area contributed by atoms with E-state index in [1.807, 2.05) is 30.4 Å². The first-order chi connectivity index (χ1) is 6.77. The lowest BCUT2D eigenvalue weighted by Crippen LogP contribution is -2.08. The van der Waals surface area contributed by atoms with Crippen LogP contribution in [0.4, 0.5) is 0 Å². The minimum atomic E-state index is 0.307. The van der Waals surface area contributed by atoms with E-state index in [4.69, 9.17) is 0 Å². The molecule has 0 aromatic heterocycles. The van der Waals surface area contributed by atoms with Crippen molar-refractivity contribution in [1.82, 2.24) is 0 Å². The van der Waals surface area contributed by atoms with Gasteiger partial charge < -0.3 is 5.11 Å². The Bertz CT molecular complexity index is 362. The van der Waals surface area contributed by atoms with Crippen LogP contribution in [0.1, 0.15) is 18.4 Å². The second kappa shape index (κ2) is 3.70. The second-order valence-electron chi connectivity index (χ2n) is 3.75. The van der Waals surface area contributed by atoms with Crippen LogP contribution in [0.2, 0.25) is 0 Å². The fourth-order valence-electron chi connectivity index (χ4n) is 1.84. The fraction of sp³-hybridized carbons (Fsp3) is 0.231. The van der Waals surface area contributed by atoms with Crippen LogP contribution in [0.15, 0.2) is 54.3 Å². The molecule has 0 aliphatic heterocycles. The third-order valence-electron chi connectivity index (χ3n) is 2.67. The molecule has 0 saturated carbocycles. The van der Waals surface area contributed by atoms with Crippen molar-refractivity contribution in [3.05, 3.63) is 59.9 Å². The number of benzene rings is 1. The van der Waals surface area contributed by atoms with Crippen LogP contribution in [0, 0.1) is 5.92 Å². The number of allylic oxidation sites excluding steroid dienone is 3. The van der Waals surface area contributed by atoms with E-state index in [2.05, 4.69) is 19.1 Å². The standard InChI is InChI=1S/C13H14O/c1-10-7-8-12(14)9-13(10)11-5-3-2-4-6-11/h2-10,13-14H,1H3. The van der Waals surface area contributed by atoms with Crippen molar-refractivity contribution in [3.63, 3.8) is 0 Å². The summed E-state index contributed by atoms with van der Waals surface area (Å²) in [6.45, 7) is 2.16. The van der Waals surface area contributed by atoms with Gasteiger partial charge in [0.2, 0.25) is 0 Å². The molecule has 2 rings (SSSR count). The minimum Gasteiger partial charge on any atom is -0.508 e. The van der Waals surface area contributed by atoms with Gasteiger partial charge in [-0.15, -0.1) is 0 Å². The molecule has 1 aliphatic rings. The van der Waals surface area contributed by atoms with Crippen LogP contribution in [0.3, 0.4) is 0 Å². The molecule has 1 aliphatic carbocycles. The van der Waals surface area contributed by atoms with E-state index < -0.39 is 0 Å². The van der Waals surface area contributed by atoms with E-state index in [9.17, 15) is 5.11 Å². The molecule has 2 unspecified atom stereocenters. The fourth-order valence-corrected chi connectivity index (χ4v) is 1.84. The van der Waals surface area contributed by atoms with Crippen LogP contribution >= 0.6 is 0 Å². The highest BCUT2D eigenvalue weighted by atomic mass is 16.3. The maximum atomic E-state index is 9.43. The Morgan fingerprint density at radius 1 is 1.14 bits per heavy atom. The average molecular weight is 186 g/mol. The smallest absolute Gasteiger partial charge is 0.111 e. The molecule has 1 aromatic rings. The summed E-state index contributed by atoms with van der Waals surface area (Å²) < 4.78 is 0. The first-order valence-electron chi connectivity index (χ1n) is 4.91. The lowest BCUT2D eigenvalue weighted by atomic mass is 9.84. The first-order valence-corrected chi connectivity index (χ1v) is 4.91. The summed E-state index contributed by atoms with van der Waals surface area (Å²) in [4.78, 5) is 0. The highest BCUT2D eigenvalue weighted by Crippen LogP contribution is 2.30. The number of rotatable bonds is 1. The zero-order valence-corrected chi connectivity index (χ0v) is 8.22. The normalized spacial score (nSPS) is 25.9. The molecule has 0 bridgehead atoms. The predicted molar refractivity (Wildman–Crippen MR) is 58.2 cm³/mol. The Hall–Kier alpha value is -1.50. The van der Waals surface area contributed by atoms with Gasteiger partial charge >= 0.3 is 0 Å². The lowest BCUT2D eigenvalue weighted by molar-refractivity contribution is 0.416. The molecule has 2 atom stereocenters. The van der Waals surface area contributed by atoms with Crippen molar-refractivity contribution in [1.29, 1.82) is 0 Å². The van der Waals surface area contributed by atoms with Crippen LogP contribution in [0.25, 0.3) is 0 Å². The summed E-state index contributed by atoms with van der Waals surface area (Å²) in [5, 5.41) is 9.43. The van der Waals surface area contributed by atoms with Crippen molar-refractivity contribution >= 4 is 0 Å². The Morgan fingerprint density at radius 2 is 1.86 bits per heavy atom. The summed E-state index contributed by atoms with van der Waals surface area (Å²) in [6.07, 6.45) is 5.73. The Labute approximate surface area is 84.4 Å². The molecule has 0 radical (unpaired) electrons. The summed E-state index contributed by atoms with van der Waals surface area (Å²) in [6, 6.07) is 10.3. The Morgan fingerprint density at radius 3 is 2.57 bits per heavy atom. The third-order valence-corrected chi connectivity index (χ3v) is 2.67. The topological polar surface area (TPSA) is 20.2 Å². The summed E-state index contributed by atoms with van der Waals surface area (Å²) in [5.41, 5.74) is 1.26. The molecule has 1 aromatic carbocycles. The maximum absolute atomic E-state index is 9.43. The molecule has 14 heavy (non-hydrogen) atoms. The summed E-state index contributed by atoms with van der Waals surface area (Å²) in [7, 11) is 0. The van der Waals surface area contributed by atoms with Crippen molar-refractivity contribution in [2.45, 2.75) is 12.8 Å². The Kier molecular flexibility index (Phi) is 2.40. The lowest BCUT2D eigenvalue weighted by Gasteiger charge is -2.21. The van der Waals surface area contributed by atoms with Gasteiger partial charge in [-0.3, -0.25) is 0 Å². The highest BCUT2D eigenvalue weighted by Gasteiger charge is 2.18. The quantitative estimate of drug-likeness (QED) is 0.712. The zero-order valence-electron chi connectivity index (χ0n) is 8.22. The molecule has 1 nitrogen and oxygen atoms in total. The van der Waals surface area contributed by atoms with Gasteiger partial charge in [0.05, 0.1) is 0 Å². The average Bonchev–Trinajstić information content (AvgIpc) is 2.23. The van der Waals surface area contributed by atoms with Crippen molar-refractivity contribution in [3.8, 4) is 0 Å². The second-order valence-corrected chi connectivity index (χ2v) is 3.75. The number of hydrogen-bond acceptors (Lipinski definition) is 1. The van der Waals surface area contributed by atoms with Crippen LogP contribution < -0.4 is 0 Å². The first kappa shape index (κ1) is 9.07. The van der Waals surface area contributed by atoms with Crippen LogP contribution in [0.5, 0.6) is 0 Å². The van der Waals surface area contributed by atoms with E-state index in [-0.39, 0.29) is 0 Å². The van der Waals surface area contributed by atoms with E-state index in [1.54, 1.807) is 6.08 Å². The molecule has 0 fully saturated rings. The third kappa shape index (κ3) is 1.72. The van der Waals surface area contributed by atoms with Crippen LogP contribution in [-0.2, 0) is 0 Å². The van der Waals surface area contributed by atoms with Gasteiger partial charge in [-0.05, 0) is 23.6 Å². The molecule has 1 heteroatoms. The largest absolute Gasteiger partial charge is 0.508 e. The SMILES string of the molecule is CC1C=CC(O)=CC1c1ccccc1. The highest BCUT2D eigenvalue weighted by molar-refractivity contribution is 5.32. The summed E-state index contributed by atoms with van der Waals surface area (Å²) in [5.74, 6) is 1.13. The van der Waals surface area contributed by atoms with Crippen molar-refractivity contribution in [2.24, 2.45) is 5.92 Å². The minimum absolute atomic E-state index is 0.307.